The van der Waals surface area contributed by atoms with Crippen molar-refractivity contribution in [3.63, 3.8) is 0 Å². The molecule has 33 heavy (non-hydrogen) atoms. The van der Waals surface area contributed by atoms with Crippen molar-refractivity contribution in [1.29, 1.82) is 0 Å². The summed E-state index contributed by atoms with van der Waals surface area (Å²) in [5, 5.41) is 3.13. The molecule has 0 aromatic heterocycles. The van der Waals surface area contributed by atoms with Crippen LogP contribution in [0.1, 0.15) is 5.56 Å². The summed E-state index contributed by atoms with van der Waals surface area (Å²) in [6, 6.07) is 20.9. The highest BCUT2D eigenvalue weighted by atomic mass is 35.5. The summed E-state index contributed by atoms with van der Waals surface area (Å²) in [6.45, 7) is 1.85. The third kappa shape index (κ3) is 6.66. The molecule has 1 N–H and O–H groups in total. The van der Waals surface area contributed by atoms with Gasteiger partial charge in [0.25, 0.3) is 10.0 Å². The minimum atomic E-state index is -4.06. The first-order valence-electron chi connectivity index (χ1n) is 10.2. The molecule has 0 saturated heterocycles. The highest BCUT2D eigenvalue weighted by molar-refractivity contribution is 7.99. The van der Waals surface area contributed by atoms with E-state index in [1.165, 1.54) is 25.3 Å². The van der Waals surface area contributed by atoms with Gasteiger partial charge < -0.3 is 10.1 Å². The van der Waals surface area contributed by atoms with E-state index in [4.69, 9.17) is 16.3 Å². The molecule has 3 aromatic rings. The predicted octanol–water partition coefficient (Wildman–Crippen LogP) is 4.76. The lowest BCUT2D eigenvalue weighted by Crippen LogP contribution is -2.41. The molecule has 0 fully saturated rings. The molecular formula is C24H25ClN2O4S2. The van der Waals surface area contributed by atoms with Crippen molar-refractivity contribution in [1.82, 2.24) is 5.32 Å². The first-order chi connectivity index (χ1) is 15.8. The van der Waals surface area contributed by atoms with Crippen molar-refractivity contribution in [3.05, 3.63) is 83.4 Å². The molecule has 0 atom stereocenters. The summed E-state index contributed by atoms with van der Waals surface area (Å²) in [7, 11) is -2.63. The maximum atomic E-state index is 13.5. The number of nitrogens with one attached hydrogen (secondary N) is 1. The minimum Gasteiger partial charge on any atom is -0.495 e. The molecule has 1 amide bonds. The number of hydrogen-bond donors (Lipinski definition) is 1. The van der Waals surface area contributed by atoms with Gasteiger partial charge in [-0.2, -0.15) is 0 Å². The van der Waals surface area contributed by atoms with Gasteiger partial charge in [0.05, 0.1) is 17.7 Å². The van der Waals surface area contributed by atoms with Crippen LogP contribution in [-0.2, 0) is 14.8 Å². The predicted molar refractivity (Wildman–Crippen MR) is 134 cm³/mol. The lowest BCUT2D eigenvalue weighted by Gasteiger charge is -2.26. The van der Waals surface area contributed by atoms with Crippen LogP contribution in [0.2, 0.25) is 5.02 Å². The molecule has 0 aliphatic carbocycles. The van der Waals surface area contributed by atoms with E-state index in [-0.39, 0.29) is 10.6 Å². The Kier molecular flexibility index (Phi) is 8.66. The average molecular weight is 505 g/mol. The number of methoxy groups -OCH3 is 1. The Labute approximate surface area is 204 Å². The van der Waals surface area contributed by atoms with Crippen LogP contribution in [0.15, 0.2) is 82.6 Å². The van der Waals surface area contributed by atoms with Crippen molar-refractivity contribution >= 4 is 45.0 Å². The highest BCUT2D eigenvalue weighted by Gasteiger charge is 2.29. The molecule has 9 heteroatoms. The number of aryl methyl sites for hydroxylation is 1. The quantitative estimate of drug-likeness (QED) is 0.318. The van der Waals surface area contributed by atoms with Gasteiger partial charge in [0, 0.05) is 22.2 Å². The Bertz CT molecular complexity index is 1190. The van der Waals surface area contributed by atoms with Crippen molar-refractivity contribution < 1.29 is 17.9 Å². The normalized spacial score (nSPS) is 11.1. The number of amides is 1. The van der Waals surface area contributed by atoms with Crippen LogP contribution in [-0.4, -0.2) is 40.3 Å². The van der Waals surface area contributed by atoms with E-state index >= 15 is 0 Å². The van der Waals surface area contributed by atoms with Crippen molar-refractivity contribution in [3.8, 4) is 5.75 Å². The molecule has 0 spiro atoms. The SMILES string of the molecule is COc1ccc(Cl)cc1N(CC(=O)NCCSc1ccccc1)S(=O)(=O)c1ccc(C)cc1. The van der Waals surface area contributed by atoms with Gasteiger partial charge in [-0.25, -0.2) is 8.42 Å². The van der Waals surface area contributed by atoms with E-state index < -0.39 is 22.5 Å². The number of benzene rings is 3. The number of rotatable bonds is 10. The Hall–Kier alpha value is -2.68. The Morgan fingerprint density at radius 3 is 2.42 bits per heavy atom. The van der Waals surface area contributed by atoms with Crippen LogP contribution in [0.3, 0.4) is 0 Å². The minimum absolute atomic E-state index is 0.0718. The first kappa shape index (κ1) is 25.0. The molecule has 3 aromatic carbocycles. The van der Waals surface area contributed by atoms with Gasteiger partial charge in [-0.05, 0) is 49.4 Å². The first-order valence-corrected chi connectivity index (χ1v) is 13.0. The lowest BCUT2D eigenvalue weighted by atomic mass is 10.2. The topological polar surface area (TPSA) is 75.7 Å². The van der Waals surface area contributed by atoms with Crippen molar-refractivity contribution in [2.24, 2.45) is 0 Å². The van der Waals surface area contributed by atoms with E-state index in [1.807, 2.05) is 37.3 Å². The van der Waals surface area contributed by atoms with Gasteiger partial charge in [0.2, 0.25) is 5.91 Å². The molecule has 0 bridgehead atoms. The summed E-state index contributed by atoms with van der Waals surface area (Å²) < 4.78 is 33.4. The molecule has 3 rings (SSSR count). The van der Waals surface area contributed by atoms with Gasteiger partial charge in [0.1, 0.15) is 12.3 Å². The number of sulfonamides is 1. The van der Waals surface area contributed by atoms with Gasteiger partial charge in [-0.1, -0.05) is 47.5 Å². The summed E-state index contributed by atoms with van der Waals surface area (Å²) in [6.07, 6.45) is 0. The third-order valence-electron chi connectivity index (χ3n) is 4.74. The average Bonchev–Trinajstić information content (AvgIpc) is 2.81. The summed E-state index contributed by atoms with van der Waals surface area (Å²) in [5.41, 5.74) is 1.12. The fourth-order valence-corrected chi connectivity index (χ4v) is 5.44. The van der Waals surface area contributed by atoms with Crippen LogP contribution in [0.4, 0.5) is 5.69 Å². The van der Waals surface area contributed by atoms with E-state index in [0.29, 0.717) is 23.1 Å². The van der Waals surface area contributed by atoms with Gasteiger partial charge in [-0.3, -0.25) is 9.10 Å². The number of anilines is 1. The van der Waals surface area contributed by atoms with Crippen molar-refractivity contribution in [2.45, 2.75) is 16.7 Å². The smallest absolute Gasteiger partial charge is 0.264 e. The number of halogens is 1. The van der Waals surface area contributed by atoms with Gasteiger partial charge in [-0.15, -0.1) is 11.8 Å². The van der Waals surface area contributed by atoms with Crippen LogP contribution in [0.5, 0.6) is 5.75 Å². The summed E-state index contributed by atoms with van der Waals surface area (Å²) in [4.78, 5) is 13.9. The number of nitrogens with zero attached hydrogens (tertiary/aromatic N) is 1. The zero-order valence-electron chi connectivity index (χ0n) is 18.3. The van der Waals surface area contributed by atoms with E-state index in [0.717, 1.165) is 14.8 Å². The molecule has 0 aliphatic heterocycles. The number of hydrogen-bond acceptors (Lipinski definition) is 5. The summed E-state index contributed by atoms with van der Waals surface area (Å²) in [5.74, 6) is 0.518. The molecule has 0 saturated carbocycles. The molecule has 174 valence electrons. The molecule has 6 nitrogen and oxygen atoms in total. The maximum Gasteiger partial charge on any atom is 0.264 e. The molecule has 0 unspecified atom stereocenters. The Balaban J connectivity index is 1.81. The van der Waals surface area contributed by atoms with Gasteiger partial charge in [0.15, 0.2) is 0 Å². The largest absolute Gasteiger partial charge is 0.495 e. The van der Waals surface area contributed by atoms with Gasteiger partial charge >= 0.3 is 0 Å². The number of ether oxygens (including phenoxy) is 1. The Morgan fingerprint density at radius 1 is 1.06 bits per heavy atom. The molecule has 0 radical (unpaired) electrons. The maximum absolute atomic E-state index is 13.5. The van der Waals surface area contributed by atoms with E-state index in [9.17, 15) is 13.2 Å². The second-order valence-electron chi connectivity index (χ2n) is 7.15. The molecule has 0 heterocycles. The van der Waals surface area contributed by atoms with Crippen molar-refractivity contribution in [2.75, 3.05) is 30.3 Å². The number of thioether (sulfide) groups is 1. The molecule has 0 aliphatic rings. The Morgan fingerprint density at radius 2 is 1.76 bits per heavy atom. The zero-order chi connectivity index (χ0) is 23.8. The highest BCUT2D eigenvalue weighted by Crippen LogP contribution is 2.34. The third-order valence-corrected chi connectivity index (χ3v) is 7.76. The number of carbonyl (C=O) groups is 1. The second kappa shape index (κ2) is 11.4. The number of carbonyl (C=O) groups excluding carboxylic acids is 1. The van der Waals surface area contributed by atoms with Crippen LogP contribution in [0.25, 0.3) is 0 Å². The lowest BCUT2D eigenvalue weighted by molar-refractivity contribution is -0.119. The van der Waals surface area contributed by atoms with Crippen LogP contribution >= 0.6 is 23.4 Å². The molecular weight excluding hydrogens is 480 g/mol. The second-order valence-corrected chi connectivity index (χ2v) is 10.6. The monoisotopic (exact) mass is 504 g/mol. The van der Waals surface area contributed by atoms with E-state index in [2.05, 4.69) is 5.32 Å². The summed E-state index contributed by atoms with van der Waals surface area (Å²) >= 11 is 7.76. The van der Waals surface area contributed by atoms with E-state index in [1.54, 1.807) is 36.0 Å². The standard InChI is InChI=1S/C24H25ClN2O4S2/c1-18-8-11-21(12-9-18)33(29,30)27(22-16-19(25)10-13-23(22)31-2)17-24(28)26-14-15-32-20-6-4-3-5-7-20/h3-13,16H,14-15,17H2,1-2H3,(H,26,28). The zero-order valence-corrected chi connectivity index (χ0v) is 20.7. The fraction of sp³-hybridized carbons (Fsp3) is 0.208. The van der Waals surface area contributed by atoms with Crippen LogP contribution < -0.4 is 14.4 Å². The fourth-order valence-electron chi connectivity index (χ4n) is 3.06. The van der Waals surface area contributed by atoms with Crippen LogP contribution in [0, 0.1) is 6.92 Å².